The van der Waals surface area contributed by atoms with Crippen LogP contribution in [0, 0.1) is 0 Å². The maximum atomic E-state index is 10.4. The van der Waals surface area contributed by atoms with E-state index >= 15 is 0 Å². The van der Waals surface area contributed by atoms with E-state index in [-0.39, 0.29) is 5.66 Å². The fraction of sp³-hybridized carbons (Fsp3) is 0.833. The highest BCUT2D eigenvalue weighted by Gasteiger charge is 2.43. The van der Waals surface area contributed by atoms with Crippen molar-refractivity contribution >= 4 is 5.97 Å². The van der Waals surface area contributed by atoms with E-state index in [1.165, 1.54) is 0 Å². The van der Waals surface area contributed by atoms with Gasteiger partial charge >= 0.3 is 5.97 Å². The quantitative estimate of drug-likeness (QED) is 0.304. The minimum absolute atomic E-state index is 0.327. The number of nitrogens with two attached hydrogens (primary N) is 2. The van der Waals surface area contributed by atoms with Crippen LogP contribution in [0.5, 0.6) is 0 Å². The van der Waals surface area contributed by atoms with Crippen LogP contribution < -0.4 is 22.3 Å². The molecule has 0 radical (unpaired) electrons. The van der Waals surface area contributed by atoms with Gasteiger partial charge in [-0.2, -0.15) is 0 Å². The number of carbonyl (C=O) groups is 1. The molecule has 1 aliphatic heterocycles. The van der Waals surface area contributed by atoms with Crippen molar-refractivity contribution in [3.05, 3.63) is 0 Å². The van der Waals surface area contributed by atoms with Crippen LogP contribution in [0.4, 0.5) is 0 Å². The molecule has 1 aliphatic rings. The summed E-state index contributed by atoms with van der Waals surface area (Å²) < 4.78 is 0. The third-order valence-electron chi connectivity index (χ3n) is 1.94. The van der Waals surface area contributed by atoms with Crippen molar-refractivity contribution in [1.29, 1.82) is 0 Å². The van der Waals surface area contributed by atoms with Crippen molar-refractivity contribution in [1.82, 2.24) is 10.9 Å². The van der Waals surface area contributed by atoms with E-state index in [4.69, 9.17) is 16.6 Å². The zero-order valence-electron chi connectivity index (χ0n) is 6.71. The molecular weight excluding hydrogens is 160 g/mol. The second-order valence-electron chi connectivity index (χ2n) is 3.02. The van der Waals surface area contributed by atoms with E-state index in [0.717, 1.165) is 0 Å². The van der Waals surface area contributed by atoms with Gasteiger partial charge in [0.1, 0.15) is 6.04 Å². The van der Waals surface area contributed by atoms with E-state index in [0.29, 0.717) is 19.4 Å². The van der Waals surface area contributed by atoms with Gasteiger partial charge in [0, 0.05) is 6.42 Å². The topological polar surface area (TPSA) is 133 Å². The molecule has 7 N–H and O–H groups in total. The predicted octanol–water partition coefficient (Wildman–Crippen LogP) is -2.06. The summed E-state index contributed by atoms with van der Waals surface area (Å²) in [7, 11) is 0. The largest absolute Gasteiger partial charge is 0.480 e. The molecule has 0 aliphatic carbocycles. The Morgan fingerprint density at radius 2 is 2.17 bits per heavy atom. The van der Waals surface area contributed by atoms with Gasteiger partial charge in [0.05, 0.1) is 5.66 Å². The average molecular weight is 174 g/mol. The Hall–Kier alpha value is -0.690. The second-order valence-corrected chi connectivity index (χ2v) is 3.02. The van der Waals surface area contributed by atoms with Gasteiger partial charge in [0.25, 0.3) is 0 Å². The smallest absolute Gasteiger partial charge is 0.320 e. The van der Waals surface area contributed by atoms with Crippen molar-refractivity contribution < 1.29 is 9.90 Å². The maximum Gasteiger partial charge on any atom is 0.320 e. The lowest BCUT2D eigenvalue weighted by molar-refractivity contribution is -0.138. The Morgan fingerprint density at radius 3 is 2.50 bits per heavy atom. The molecule has 0 aromatic carbocycles. The van der Waals surface area contributed by atoms with Gasteiger partial charge in [-0.1, -0.05) is 0 Å². The third-order valence-corrected chi connectivity index (χ3v) is 1.94. The van der Waals surface area contributed by atoms with Gasteiger partial charge in [-0.3, -0.25) is 4.79 Å². The van der Waals surface area contributed by atoms with Gasteiger partial charge in [-0.25, -0.2) is 10.9 Å². The van der Waals surface area contributed by atoms with Crippen LogP contribution in [-0.2, 0) is 4.79 Å². The first-order valence-corrected chi connectivity index (χ1v) is 3.82. The average Bonchev–Trinajstić information content (AvgIpc) is 2.69. The fourth-order valence-corrected chi connectivity index (χ4v) is 1.13. The number of carboxylic acids is 1. The first kappa shape index (κ1) is 9.40. The summed E-state index contributed by atoms with van der Waals surface area (Å²) in [4.78, 5) is 10.4. The van der Waals surface area contributed by atoms with Gasteiger partial charge < -0.3 is 16.6 Å². The van der Waals surface area contributed by atoms with Gasteiger partial charge in [0.2, 0.25) is 0 Å². The number of rotatable bonds is 5. The Bertz CT molecular complexity index is 180. The number of carboxylic acid groups (broad SMARTS) is 1. The third kappa shape index (κ3) is 2.15. The lowest BCUT2D eigenvalue weighted by Crippen LogP contribution is -2.38. The minimum atomic E-state index is -0.984. The SMILES string of the molecule is NCCC1(CC(N)C(=O)O)NN1. The van der Waals surface area contributed by atoms with E-state index in [1.54, 1.807) is 0 Å². The Morgan fingerprint density at radius 1 is 1.58 bits per heavy atom. The molecular formula is C6H14N4O2. The van der Waals surface area contributed by atoms with E-state index < -0.39 is 12.0 Å². The molecule has 1 rings (SSSR count). The van der Waals surface area contributed by atoms with E-state index in [2.05, 4.69) is 10.9 Å². The number of aliphatic carboxylic acids is 1. The molecule has 1 saturated heterocycles. The van der Waals surface area contributed by atoms with Crippen LogP contribution in [0.25, 0.3) is 0 Å². The second kappa shape index (κ2) is 3.36. The first-order valence-electron chi connectivity index (χ1n) is 3.82. The zero-order valence-corrected chi connectivity index (χ0v) is 6.71. The number of hydrogen-bond donors (Lipinski definition) is 5. The van der Waals surface area contributed by atoms with Crippen LogP contribution in [0.3, 0.4) is 0 Å². The van der Waals surface area contributed by atoms with Gasteiger partial charge in [-0.15, -0.1) is 0 Å². The molecule has 0 aromatic rings. The predicted molar refractivity (Wildman–Crippen MR) is 42.9 cm³/mol. The number of hydrazine groups is 1. The normalized spacial score (nSPS) is 21.8. The van der Waals surface area contributed by atoms with Crippen LogP contribution in [0.15, 0.2) is 0 Å². The van der Waals surface area contributed by atoms with Crippen molar-refractivity contribution in [2.45, 2.75) is 24.5 Å². The van der Waals surface area contributed by atoms with Crippen LogP contribution in [0.2, 0.25) is 0 Å². The van der Waals surface area contributed by atoms with Crippen molar-refractivity contribution in [2.75, 3.05) is 6.54 Å². The summed E-state index contributed by atoms with van der Waals surface area (Å²) in [6.07, 6.45) is 1.05. The van der Waals surface area contributed by atoms with E-state index in [1.807, 2.05) is 0 Å². The molecule has 1 fully saturated rings. The molecule has 0 amide bonds. The molecule has 1 unspecified atom stereocenters. The minimum Gasteiger partial charge on any atom is -0.480 e. The zero-order chi connectivity index (χ0) is 9.19. The van der Waals surface area contributed by atoms with Crippen molar-refractivity contribution in [3.8, 4) is 0 Å². The summed E-state index contributed by atoms with van der Waals surface area (Å²) in [6, 6.07) is -0.834. The Labute approximate surface area is 70.3 Å². The van der Waals surface area contributed by atoms with Crippen molar-refractivity contribution in [3.63, 3.8) is 0 Å². The summed E-state index contributed by atoms with van der Waals surface area (Å²) in [5.41, 5.74) is 16.1. The molecule has 0 spiro atoms. The Balaban J connectivity index is 2.34. The number of nitrogens with one attached hydrogen (secondary N) is 2. The molecule has 1 heterocycles. The molecule has 0 saturated carbocycles. The molecule has 6 nitrogen and oxygen atoms in total. The molecule has 6 heteroatoms. The standard InChI is InChI=1S/C6H14N4O2/c7-2-1-6(9-10-6)3-4(8)5(11)12/h4,9-10H,1-3,7-8H2,(H,11,12). The highest BCUT2D eigenvalue weighted by Crippen LogP contribution is 2.20. The van der Waals surface area contributed by atoms with Crippen LogP contribution >= 0.6 is 0 Å². The lowest BCUT2D eigenvalue weighted by atomic mass is 10.0. The Kier molecular flexibility index (Phi) is 2.63. The molecule has 1 atom stereocenters. The molecule has 12 heavy (non-hydrogen) atoms. The van der Waals surface area contributed by atoms with Gasteiger partial charge in [0.15, 0.2) is 0 Å². The lowest BCUT2D eigenvalue weighted by Gasteiger charge is -2.12. The van der Waals surface area contributed by atoms with Crippen LogP contribution in [0.1, 0.15) is 12.8 Å². The monoisotopic (exact) mass is 174 g/mol. The molecule has 0 aromatic heterocycles. The maximum absolute atomic E-state index is 10.4. The summed E-state index contributed by atoms with van der Waals surface area (Å²) in [6.45, 7) is 0.506. The summed E-state index contributed by atoms with van der Waals surface area (Å²) in [5.74, 6) is -0.984. The molecule has 70 valence electrons. The fourth-order valence-electron chi connectivity index (χ4n) is 1.13. The van der Waals surface area contributed by atoms with Crippen LogP contribution in [-0.4, -0.2) is 29.3 Å². The summed E-state index contributed by atoms with van der Waals surface area (Å²) >= 11 is 0. The van der Waals surface area contributed by atoms with Crippen molar-refractivity contribution in [2.24, 2.45) is 11.5 Å². The first-order chi connectivity index (χ1) is 5.59. The number of hydrogen-bond acceptors (Lipinski definition) is 5. The highest BCUT2D eigenvalue weighted by atomic mass is 16.4. The molecule has 0 bridgehead atoms. The van der Waals surface area contributed by atoms with Gasteiger partial charge in [-0.05, 0) is 13.0 Å². The van der Waals surface area contributed by atoms with E-state index in [9.17, 15) is 4.79 Å². The highest BCUT2D eigenvalue weighted by molar-refractivity contribution is 5.73. The summed E-state index contributed by atoms with van der Waals surface area (Å²) in [5, 5.41) is 8.53.